The van der Waals surface area contributed by atoms with Gasteiger partial charge in [0.15, 0.2) is 0 Å². The van der Waals surface area contributed by atoms with Crippen LogP contribution in [0, 0.1) is 11.3 Å². The summed E-state index contributed by atoms with van der Waals surface area (Å²) in [6, 6.07) is 14.5. The van der Waals surface area contributed by atoms with Crippen molar-refractivity contribution in [3.8, 4) is 23.3 Å². The number of hydrogen-bond donors (Lipinski definition) is 0. The molecule has 0 aliphatic rings. The van der Waals surface area contributed by atoms with Crippen LogP contribution in [0.15, 0.2) is 48.5 Å². The lowest BCUT2D eigenvalue weighted by Crippen LogP contribution is -2.01. The molecule has 0 bridgehead atoms. The van der Waals surface area contributed by atoms with Crippen LogP contribution in [0.4, 0.5) is 8.78 Å². The lowest BCUT2D eigenvalue weighted by Gasteiger charge is -2.09. The number of halogens is 2. The van der Waals surface area contributed by atoms with E-state index in [9.17, 15) is 8.78 Å². The van der Waals surface area contributed by atoms with E-state index in [0.29, 0.717) is 17.1 Å². The number of para-hydroxylation sites is 1. The lowest BCUT2D eigenvalue weighted by atomic mass is 10.2. The van der Waals surface area contributed by atoms with Crippen LogP contribution < -0.4 is 9.47 Å². The van der Waals surface area contributed by atoms with E-state index in [-0.39, 0.29) is 5.75 Å². The second kappa shape index (κ2) is 5.83. The summed E-state index contributed by atoms with van der Waals surface area (Å²) in [4.78, 5) is 0. The van der Waals surface area contributed by atoms with Crippen LogP contribution in [0.5, 0.6) is 17.2 Å². The highest BCUT2D eigenvalue weighted by molar-refractivity contribution is 5.45. The summed E-state index contributed by atoms with van der Waals surface area (Å²) in [6.07, 6.45) is 0. The Morgan fingerprint density at radius 1 is 1.00 bits per heavy atom. The van der Waals surface area contributed by atoms with Gasteiger partial charge in [-0.25, -0.2) is 0 Å². The van der Waals surface area contributed by atoms with Gasteiger partial charge in [-0.05, 0) is 24.3 Å². The van der Waals surface area contributed by atoms with Gasteiger partial charge in [-0.1, -0.05) is 18.2 Å². The first-order valence-corrected chi connectivity index (χ1v) is 5.41. The fraction of sp³-hybridized carbons (Fsp3) is 0.0714. The van der Waals surface area contributed by atoms with E-state index in [2.05, 4.69) is 4.74 Å². The molecule has 0 unspecified atom stereocenters. The van der Waals surface area contributed by atoms with E-state index in [1.165, 1.54) is 18.2 Å². The van der Waals surface area contributed by atoms with Crippen molar-refractivity contribution in [3.05, 3.63) is 54.1 Å². The fourth-order valence-corrected chi connectivity index (χ4v) is 1.49. The molecule has 0 N–H and O–H groups in total. The Labute approximate surface area is 108 Å². The van der Waals surface area contributed by atoms with Crippen molar-refractivity contribution in [2.45, 2.75) is 6.61 Å². The van der Waals surface area contributed by atoms with Crippen LogP contribution in [-0.4, -0.2) is 6.61 Å². The van der Waals surface area contributed by atoms with Crippen molar-refractivity contribution in [2.75, 3.05) is 0 Å². The molecule has 5 heteroatoms. The molecule has 0 radical (unpaired) electrons. The Bertz CT molecular complexity index is 608. The van der Waals surface area contributed by atoms with Gasteiger partial charge in [0.1, 0.15) is 23.3 Å². The highest BCUT2D eigenvalue weighted by Gasteiger charge is 2.07. The highest BCUT2D eigenvalue weighted by atomic mass is 19.3. The minimum Gasteiger partial charge on any atom is -0.456 e. The molecule has 2 aromatic rings. The van der Waals surface area contributed by atoms with E-state index in [0.717, 1.165) is 0 Å². The second-order valence-corrected chi connectivity index (χ2v) is 3.56. The van der Waals surface area contributed by atoms with Crippen molar-refractivity contribution in [1.82, 2.24) is 0 Å². The molecule has 0 fully saturated rings. The van der Waals surface area contributed by atoms with E-state index in [1.54, 1.807) is 30.3 Å². The number of nitrogens with zero attached hydrogens (tertiary/aromatic N) is 1. The van der Waals surface area contributed by atoms with E-state index < -0.39 is 6.61 Å². The van der Waals surface area contributed by atoms with Crippen molar-refractivity contribution in [2.24, 2.45) is 0 Å². The molecule has 2 rings (SSSR count). The van der Waals surface area contributed by atoms with Crippen LogP contribution in [0.3, 0.4) is 0 Å². The number of hydrogen-bond acceptors (Lipinski definition) is 3. The third kappa shape index (κ3) is 3.42. The molecule has 0 atom stereocenters. The van der Waals surface area contributed by atoms with Gasteiger partial charge in [0.25, 0.3) is 0 Å². The summed E-state index contributed by atoms with van der Waals surface area (Å²) in [6.45, 7) is -2.89. The quantitative estimate of drug-likeness (QED) is 0.836. The molecule has 0 heterocycles. The summed E-state index contributed by atoms with van der Waals surface area (Å²) in [7, 11) is 0. The van der Waals surface area contributed by atoms with Crippen LogP contribution >= 0.6 is 0 Å². The normalized spacial score (nSPS) is 10.0. The number of ether oxygens (including phenoxy) is 2. The first-order valence-electron chi connectivity index (χ1n) is 5.41. The molecule has 3 nitrogen and oxygen atoms in total. The zero-order valence-electron chi connectivity index (χ0n) is 9.72. The first kappa shape index (κ1) is 12.8. The number of nitriles is 1. The molecule has 0 saturated carbocycles. The van der Waals surface area contributed by atoms with E-state index >= 15 is 0 Å². The topological polar surface area (TPSA) is 42.2 Å². The third-order valence-corrected chi connectivity index (χ3v) is 2.27. The van der Waals surface area contributed by atoms with Gasteiger partial charge >= 0.3 is 6.61 Å². The lowest BCUT2D eigenvalue weighted by molar-refractivity contribution is -0.0499. The predicted molar refractivity (Wildman–Crippen MR) is 64.3 cm³/mol. The molecule has 0 spiro atoms. The average molecular weight is 261 g/mol. The van der Waals surface area contributed by atoms with Gasteiger partial charge in [-0.15, -0.1) is 0 Å². The van der Waals surface area contributed by atoms with Gasteiger partial charge in [-0.3, -0.25) is 0 Å². The zero-order chi connectivity index (χ0) is 13.7. The molecular formula is C14H9F2NO2. The molecule has 0 saturated heterocycles. The molecule has 2 aromatic carbocycles. The summed E-state index contributed by atoms with van der Waals surface area (Å²) in [5, 5.41) is 8.92. The van der Waals surface area contributed by atoms with Crippen molar-refractivity contribution >= 4 is 0 Å². The summed E-state index contributed by atoms with van der Waals surface area (Å²) in [5.74, 6) is 0.682. The zero-order valence-corrected chi connectivity index (χ0v) is 9.72. The summed E-state index contributed by atoms with van der Waals surface area (Å²) < 4.78 is 33.9. The maximum Gasteiger partial charge on any atom is 0.387 e. The smallest absolute Gasteiger partial charge is 0.387 e. The molecule has 0 amide bonds. The fourth-order valence-electron chi connectivity index (χ4n) is 1.49. The SMILES string of the molecule is N#Cc1ccccc1Oc1cccc(OC(F)F)c1. The molecular weight excluding hydrogens is 252 g/mol. The third-order valence-electron chi connectivity index (χ3n) is 2.27. The minimum atomic E-state index is -2.89. The number of benzene rings is 2. The number of alkyl halides is 2. The molecule has 0 aliphatic carbocycles. The average Bonchev–Trinajstić information content (AvgIpc) is 2.39. The molecule has 0 aromatic heterocycles. The largest absolute Gasteiger partial charge is 0.456 e. The van der Waals surface area contributed by atoms with Crippen molar-refractivity contribution in [3.63, 3.8) is 0 Å². The highest BCUT2D eigenvalue weighted by Crippen LogP contribution is 2.27. The van der Waals surface area contributed by atoms with Crippen LogP contribution in [0.25, 0.3) is 0 Å². The van der Waals surface area contributed by atoms with Crippen LogP contribution in [-0.2, 0) is 0 Å². The summed E-state index contributed by atoms with van der Waals surface area (Å²) in [5.41, 5.74) is 0.364. The molecule has 96 valence electrons. The molecule has 0 aliphatic heterocycles. The Morgan fingerprint density at radius 3 is 2.47 bits per heavy atom. The number of rotatable bonds is 4. The first-order chi connectivity index (χ1) is 9.19. The van der Waals surface area contributed by atoms with Crippen LogP contribution in [0.1, 0.15) is 5.56 Å². The second-order valence-electron chi connectivity index (χ2n) is 3.56. The standard InChI is InChI=1S/C14H9F2NO2/c15-14(16)19-12-6-3-5-11(8-12)18-13-7-2-1-4-10(13)9-17/h1-8,14H. The predicted octanol–water partition coefficient (Wildman–Crippen LogP) is 3.95. The Hall–Kier alpha value is -2.61. The van der Waals surface area contributed by atoms with Gasteiger partial charge in [0.05, 0.1) is 5.56 Å². The minimum absolute atomic E-state index is 0.00180. The maximum absolute atomic E-state index is 12.1. The monoisotopic (exact) mass is 261 g/mol. The van der Waals surface area contributed by atoms with E-state index in [4.69, 9.17) is 10.00 Å². The van der Waals surface area contributed by atoms with Crippen molar-refractivity contribution < 1.29 is 18.3 Å². The summed E-state index contributed by atoms with van der Waals surface area (Å²) >= 11 is 0. The Balaban J connectivity index is 2.22. The Morgan fingerprint density at radius 2 is 1.74 bits per heavy atom. The van der Waals surface area contributed by atoms with Gasteiger partial charge in [0.2, 0.25) is 0 Å². The van der Waals surface area contributed by atoms with Crippen molar-refractivity contribution in [1.29, 1.82) is 5.26 Å². The van der Waals surface area contributed by atoms with Gasteiger partial charge in [-0.2, -0.15) is 14.0 Å². The van der Waals surface area contributed by atoms with E-state index in [1.807, 2.05) is 6.07 Å². The van der Waals surface area contributed by atoms with Crippen LogP contribution in [0.2, 0.25) is 0 Å². The van der Waals surface area contributed by atoms with Gasteiger partial charge < -0.3 is 9.47 Å². The van der Waals surface area contributed by atoms with Gasteiger partial charge in [0, 0.05) is 6.07 Å². The molecule has 19 heavy (non-hydrogen) atoms. The Kier molecular flexibility index (Phi) is 3.94. The maximum atomic E-state index is 12.1.